The molecule has 0 saturated heterocycles. The lowest BCUT2D eigenvalue weighted by Crippen LogP contribution is -2.17. The molecule has 2 N–H and O–H groups in total. The van der Waals surface area contributed by atoms with E-state index < -0.39 is 11.9 Å². The summed E-state index contributed by atoms with van der Waals surface area (Å²) in [4.78, 5) is 36.9. The van der Waals surface area contributed by atoms with Crippen molar-refractivity contribution in [2.75, 3.05) is 17.7 Å². The van der Waals surface area contributed by atoms with Crippen LogP contribution in [0, 0.1) is 6.92 Å². The van der Waals surface area contributed by atoms with Crippen molar-refractivity contribution < 1.29 is 23.9 Å². The monoisotopic (exact) mass is 432 g/mol. The molecule has 0 unspecified atom stereocenters. The fourth-order valence-corrected chi connectivity index (χ4v) is 3.13. The van der Waals surface area contributed by atoms with Gasteiger partial charge in [-0.25, -0.2) is 0 Å². The van der Waals surface area contributed by atoms with Gasteiger partial charge >= 0.3 is 5.97 Å². The lowest BCUT2D eigenvalue weighted by molar-refractivity contribution is -0.131. The molecule has 0 radical (unpaired) electrons. The summed E-state index contributed by atoms with van der Waals surface area (Å²) in [7, 11) is 1.53. The quantitative estimate of drug-likeness (QED) is 0.421. The molecular weight excluding hydrogens is 408 g/mol. The molecule has 164 valence electrons. The molecule has 3 aromatic rings. The van der Waals surface area contributed by atoms with Crippen molar-refractivity contribution in [3.63, 3.8) is 0 Å². The molecule has 7 heteroatoms. The molecule has 0 saturated carbocycles. The SMILES string of the molecule is COCc1cc(C(=O)Nc2ccccc2C)ccc1NC(=O)c1ccccc1OC(C)=O. The number of carbonyl (C=O) groups excluding carboxylic acids is 3. The number of hydrogen-bond donors (Lipinski definition) is 2. The van der Waals surface area contributed by atoms with Crippen molar-refractivity contribution in [2.24, 2.45) is 0 Å². The van der Waals surface area contributed by atoms with Gasteiger partial charge in [-0.1, -0.05) is 30.3 Å². The van der Waals surface area contributed by atoms with E-state index in [2.05, 4.69) is 10.6 Å². The maximum Gasteiger partial charge on any atom is 0.308 e. The van der Waals surface area contributed by atoms with E-state index in [-0.39, 0.29) is 23.8 Å². The van der Waals surface area contributed by atoms with Gasteiger partial charge < -0.3 is 20.1 Å². The number of ether oxygens (including phenoxy) is 2. The van der Waals surface area contributed by atoms with Crippen LogP contribution >= 0.6 is 0 Å². The molecule has 0 aliphatic carbocycles. The second-order valence-electron chi connectivity index (χ2n) is 7.12. The third kappa shape index (κ3) is 5.59. The fraction of sp³-hybridized carbons (Fsp3) is 0.160. The lowest BCUT2D eigenvalue weighted by Gasteiger charge is -2.14. The highest BCUT2D eigenvalue weighted by Gasteiger charge is 2.17. The van der Waals surface area contributed by atoms with Crippen LogP contribution in [0.5, 0.6) is 5.75 Å². The standard InChI is InChI=1S/C25H24N2O5/c1-16-8-4-6-10-21(16)26-24(29)18-12-13-22(19(14-18)15-31-3)27-25(30)20-9-5-7-11-23(20)32-17(2)28/h4-14H,15H2,1-3H3,(H,26,29)(H,27,30). The molecule has 0 aliphatic rings. The normalized spacial score (nSPS) is 10.3. The Morgan fingerprint density at radius 1 is 0.844 bits per heavy atom. The van der Waals surface area contributed by atoms with Crippen LogP contribution in [-0.2, 0) is 16.1 Å². The predicted molar refractivity (Wildman–Crippen MR) is 122 cm³/mol. The van der Waals surface area contributed by atoms with Crippen molar-refractivity contribution in [2.45, 2.75) is 20.5 Å². The Labute approximate surface area is 186 Å². The summed E-state index contributed by atoms with van der Waals surface area (Å²) in [5.41, 5.74) is 3.44. The highest BCUT2D eigenvalue weighted by molar-refractivity contribution is 6.08. The van der Waals surface area contributed by atoms with Gasteiger partial charge in [-0.15, -0.1) is 0 Å². The van der Waals surface area contributed by atoms with Crippen LogP contribution in [0.1, 0.15) is 38.8 Å². The first kappa shape index (κ1) is 22.7. The summed E-state index contributed by atoms with van der Waals surface area (Å²) in [6.07, 6.45) is 0. The maximum atomic E-state index is 12.8. The Balaban J connectivity index is 1.84. The van der Waals surface area contributed by atoms with Crippen molar-refractivity contribution in [3.05, 3.63) is 89.0 Å². The summed E-state index contributed by atoms with van der Waals surface area (Å²) in [6.45, 7) is 3.37. The van der Waals surface area contributed by atoms with Gasteiger partial charge in [0.25, 0.3) is 11.8 Å². The first-order valence-electron chi connectivity index (χ1n) is 9.96. The average Bonchev–Trinajstić information content (AvgIpc) is 2.76. The van der Waals surface area contributed by atoms with E-state index in [4.69, 9.17) is 9.47 Å². The van der Waals surface area contributed by atoms with E-state index in [1.807, 2.05) is 31.2 Å². The molecule has 0 spiro atoms. The fourth-order valence-electron chi connectivity index (χ4n) is 3.13. The zero-order chi connectivity index (χ0) is 23.1. The van der Waals surface area contributed by atoms with Gasteiger partial charge in [-0.3, -0.25) is 14.4 Å². The van der Waals surface area contributed by atoms with Crippen LogP contribution in [0.3, 0.4) is 0 Å². The minimum absolute atomic E-state index is 0.167. The van der Waals surface area contributed by atoms with E-state index >= 15 is 0 Å². The Kier molecular flexibility index (Phi) is 7.36. The number of benzene rings is 3. The summed E-state index contributed by atoms with van der Waals surface area (Å²) >= 11 is 0. The minimum Gasteiger partial charge on any atom is -0.426 e. The van der Waals surface area contributed by atoms with Gasteiger partial charge in [0.15, 0.2) is 0 Å². The van der Waals surface area contributed by atoms with Crippen LogP contribution in [0.2, 0.25) is 0 Å². The van der Waals surface area contributed by atoms with Gasteiger partial charge in [0.05, 0.1) is 12.2 Å². The molecular formula is C25H24N2O5. The van der Waals surface area contributed by atoms with Crippen molar-refractivity contribution in [1.29, 1.82) is 0 Å². The smallest absolute Gasteiger partial charge is 0.308 e. The molecule has 0 bridgehead atoms. The molecule has 0 heterocycles. The number of anilines is 2. The molecule has 0 fully saturated rings. The summed E-state index contributed by atoms with van der Waals surface area (Å²) in [6, 6.07) is 18.9. The Morgan fingerprint density at radius 3 is 2.25 bits per heavy atom. The van der Waals surface area contributed by atoms with Crippen LogP contribution in [0.4, 0.5) is 11.4 Å². The molecule has 32 heavy (non-hydrogen) atoms. The first-order chi connectivity index (χ1) is 15.4. The number of rotatable bonds is 7. The molecule has 7 nitrogen and oxygen atoms in total. The minimum atomic E-state index is -0.519. The Hall–Kier alpha value is -3.97. The molecule has 2 amide bonds. The highest BCUT2D eigenvalue weighted by atomic mass is 16.5. The van der Waals surface area contributed by atoms with Crippen LogP contribution in [0.15, 0.2) is 66.7 Å². The Bertz CT molecular complexity index is 1160. The van der Waals surface area contributed by atoms with Crippen molar-refractivity contribution in [1.82, 2.24) is 0 Å². The van der Waals surface area contributed by atoms with Gasteiger partial charge in [0, 0.05) is 36.5 Å². The van der Waals surface area contributed by atoms with Gasteiger partial charge in [0.1, 0.15) is 5.75 Å². The topological polar surface area (TPSA) is 93.7 Å². The summed E-state index contributed by atoms with van der Waals surface area (Å²) in [5.74, 6) is -1.07. The second kappa shape index (κ2) is 10.4. The van der Waals surface area contributed by atoms with Crippen LogP contribution in [-0.4, -0.2) is 24.9 Å². The van der Waals surface area contributed by atoms with E-state index in [9.17, 15) is 14.4 Å². The molecule has 0 aromatic heterocycles. The predicted octanol–water partition coefficient (Wildman–Crippen LogP) is 4.57. The number of aryl methyl sites for hydroxylation is 1. The molecule has 3 rings (SSSR count). The number of para-hydroxylation sites is 2. The highest BCUT2D eigenvalue weighted by Crippen LogP contribution is 2.24. The lowest BCUT2D eigenvalue weighted by atomic mass is 10.1. The number of nitrogens with one attached hydrogen (secondary N) is 2. The largest absolute Gasteiger partial charge is 0.426 e. The number of methoxy groups -OCH3 is 1. The van der Waals surface area contributed by atoms with Crippen molar-refractivity contribution >= 4 is 29.2 Å². The van der Waals surface area contributed by atoms with Crippen molar-refractivity contribution in [3.8, 4) is 5.75 Å². The number of carbonyl (C=O) groups is 3. The van der Waals surface area contributed by atoms with E-state index in [0.717, 1.165) is 11.3 Å². The van der Waals surface area contributed by atoms with Gasteiger partial charge in [0.2, 0.25) is 0 Å². The number of amides is 2. The molecule has 0 atom stereocenters. The van der Waals surface area contributed by atoms with Gasteiger partial charge in [-0.05, 0) is 48.9 Å². The summed E-state index contributed by atoms with van der Waals surface area (Å²) in [5, 5.41) is 5.70. The van der Waals surface area contributed by atoms with Gasteiger partial charge in [-0.2, -0.15) is 0 Å². The van der Waals surface area contributed by atoms with E-state index in [1.165, 1.54) is 14.0 Å². The van der Waals surface area contributed by atoms with E-state index in [1.54, 1.807) is 42.5 Å². The third-order valence-electron chi connectivity index (χ3n) is 4.69. The third-order valence-corrected chi connectivity index (χ3v) is 4.69. The first-order valence-corrected chi connectivity index (χ1v) is 9.96. The number of hydrogen-bond acceptors (Lipinski definition) is 5. The zero-order valence-corrected chi connectivity index (χ0v) is 18.1. The Morgan fingerprint density at radius 2 is 1.53 bits per heavy atom. The van der Waals surface area contributed by atoms with E-state index in [0.29, 0.717) is 16.8 Å². The zero-order valence-electron chi connectivity index (χ0n) is 18.1. The average molecular weight is 432 g/mol. The van der Waals surface area contributed by atoms with Crippen LogP contribution < -0.4 is 15.4 Å². The maximum absolute atomic E-state index is 12.8. The molecule has 0 aliphatic heterocycles. The van der Waals surface area contributed by atoms with Crippen LogP contribution in [0.25, 0.3) is 0 Å². The molecule has 3 aromatic carbocycles. The second-order valence-corrected chi connectivity index (χ2v) is 7.12. The summed E-state index contributed by atoms with van der Waals surface area (Å²) < 4.78 is 10.4. The number of esters is 1.